The molecule has 43 heavy (non-hydrogen) atoms. The van der Waals surface area contributed by atoms with Crippen molar-refractivity contribution in [1.29, 1.82) is 5.26 Å². The van der Waals surface area contributed by atoms with Crippen molar-refractivity contribution in [3.8, 4) is 6.07 Å². The molecule has 3 aromatic rings. The Labute approximate surface area is 258 Å². The Morgan fingerprint density at radius 2 is 1.74 bits per heavy atom. The number of amides is 3. The van der Waals surface area contributed by atoms with Crippen molar-refractivity contribution >= 4 is 58.5 Å². The molecule has 0 fully saturated rings. The number of halogens is 2. The summed E-state index contributed by atoms with van der Waals surface area (Å²) in [5, 5.41) is 22.1. The topological polar surface area (TPSA) is 171 Å². The molecule has 13 heteroatoms. The number of benzene rings is 2. The fraction of sp³-hybridized carbons (Fsp3) is 0.333. The van der Waals surface area contributed by atoms with Crippen LogP contribution in [0, 0.1) is 11.3 Å². The second-order valence-electron chi connectivity index (χ2n) is 11.6. The number of carbonyl (C=O) groups is 4. The standard InChI is InChI=1S/C30H30Cl2N6O5/c1-29(2,3)24-23(25(40)35-21(26(41)42)9-10-22(34)39)38-28(36-24)37(20-12-18(31)11-19(32)13-20)27(43)30(38,4)14-16-5-7-17(15-33)8-6-16/h5-8,11-13,21H,9-10,14H2,1-4H3,(H2,34,39)(H,35,40)(H,41,42)/t21-,30+/m0/s1. The van der Waals surface area contributed by atoms with Crippen LogP contribution in [-0.4, -0.2) is 44.4 Å². The summed E-state index contributed by atoms with van der Waals surface area (Å²) in [6.45, 7) is 7.17. The fourth-order valence-corrected chi connectivity index (χ4v) is 5.62. The zero-order chi connectivity index (χ0) is 31.9. The molecule has 0 aliphatic carbocycles. The number of carbonyl (C=O) groups excluding carboxylic acids is 3. The van der Waals surface area contributed by atoms with Crippen molar-refractivity contribution < 1.29 is 24.3 Å². The molecular formula is C30H30Cl2N6O5. The van der Waals surface area contributed by atoms with E-state index in [4.69, 9.17) is 33.9 Å². The van der Waals surface area contributed by atoms with Crippen LogP contribution in [0.2, 0.25) is 10.0 Å². The maximum atomic E-state index is 14.4. The summed E-state index contributed by atoms with van der Waals surface area (Å²) < 4.78 is 1.52. The molecule has 0 radical (unpaired) electrons. The highest BCUT2D eigenvalue weighted by molar-refractivity contribution is 6.35. The van der Waals surface area contributed by atoms with Crippen molar-refractivity contribution in [1.82, 2.24) is 14.9 Å². The molecule has 3 amide bonds. The number of nitrogens with one attached hydrogen (secondary N) is 1. The number of hydrogen-bond acceptors (Lipinski definition) is 6. The lowest BCUT2D eigenvalue weighted by atomic mass is 9.88. The van der Waals surface area contributed by atoms with Crippen LogP contribution in [0.25, 0.3) is 0 Å². The van der Waals surface area contributed by atoms with E-state index in [1.54, 1.807) is 43.3 Å². The van der Waals surface area contributed by atoms with Gasteiger partial charge in [-0.25, -0.2) is 14.7 Å². The molecule has 224 valence electrons. The molecule has 2 heterocycles. The number of aliphatic carboxylic acids is 1. The van der Waals surface area contributed by atoms with Gasteiger partial charge in [-0.2, -0.15) is 5.26 Å². The number of carboxylic acids is 1. The van der Waals surface area contributed by atoms with Crippen LogP contribution < -0.4 is 16.0 Å². The molecule has 1 aliphatic heterocycles. The Morgan fingerprint density at radius 3 is 2.26 bits per heavy atom. The van der Waals surface area contributed by atoms with Gasteiger partial charge in [0, 0.05) is 28.3 Å². The molecule has 4 N–H and O–H groups in total. The first-order valence-electron chi connectivity index (χ1n) is 13.3. The normalized spacial score (nSPS) is 16.9. The number of hydrogen-bond donors (Lipinski definition) is 3. The first-order valence-corrected chi connectivity index (χ1v) is 14.1. The number of nitrogens with zero attached hydrogens (tertiary/aromatic N) is 4. The average molecular weight is 626 g/mol. The fourth-order valence-electron chi connectivity index (χ4n) is 5.11. The second-order valence-corrected chi connectivity index (χ2v) is 12.5. The first kappa shape index (κ1) is 31.5. The van der Waals surface area contributed by atoms with Crippen molar-refractivity contribution in [2.45, 2.75) is 64.0 Å². The van der Waals surface area contributed by atoms with E-state index in [1.807, 2.05) is 20.8 Å². The first-order chi connectivity index (χ1) is 20.1. The molecule has 1 aliphatic rings. The summed E-state index contributed by atoms with van der Waals surface area (Å²) in [7, 11) is 0. The quantitative estimate of drug-likeness (QED) is 0.315. The molecule has 2 atom stereocenters. The van der Waals surface area contributed by atoms with Gasteiger partial charge in [0.2, 0.25) is 11.9 Å². The molecule has 0 spiro atoms. The third-order valence-electron chi connectivity index (χ3n) is 7.16. The third-order valence-corrected chi connectivity index (χ3v) is 7.60. The van der Waals surface area contributed by atoms with Gasteiger partial charge in [0.05, 0.1) is 23.0 Å². The average Bonchev–Trinajstić information content (AvgIpc) is 3.40. The largest absolute Gasteiger partial charge is 0.480 e. The number of nitrogens with two attached hydrogens (primary N) is 1. The van der Waals surface area contributed by atoms with Crippen molar-refractivity contribution in [3.05, 3.63) is 75.0 Å². The molecule has 0 bridgehead atoms. The van der Waals surface area contributed by atoms with Gasteiger partial charge in [0.25, 0.3) is 11.8 Å². The van der Waals surface area contributed by atoms with E-state index < -0.39 is 40.7 Å². The number of rotatable bonds is 9. The molecule has 0 unspecified atom stereocenters. The predicted molar refractivity (Wildman–Crippen MR) is 160 cm³/mol. The van der Waals surface area contributed by atoms with E-state index in [0.29, 0.717) is 22.5 Å². The SMILES string of the molecule is CC(C)(C)c1nc2n(c1C(=O)N[C@@H](CCC(N)=O)C(=O)O)[C@](C)(Cc1ccc(C#N)cc1)C(=O)N2c1cc(Cl)cc(Cl)c1. The van der Waals surface area contributed by atoms with Gasteiger partial charge >= 0.3 is 5.97 Å². The Kier molecular flexibility index (Phi) is 8.58. The van der Waals surface area contributed by atoms with Crippen LogP contribution in [0.4, 0.5) is 11.6 Å². The maximum Gasteiger partial charge on any atom is 0.326 e. The van der Waals surface area contributed by atoms with Crippen LogP contribution in [0.1, 0.15) is 67.8 Å². The molecule has 2 aromatic carbocycles. The van der Waals surface area contributed by atoms with E-state index in [9.17, 15) is 29.5 Å². The Hall–Kier alpha value is -4.40. The number of nitriles is 1. The van der Waals surface area contributed by atoms with Gasteiger partial charge < -0.3 is 16.2 Å². The highest BCUT2D eigenvalue weighted by atomic mass is 35.5. The summed E-state index contributed by atoms with van der Waals surface area (Å²) in [5.74, 6) is -3.16. The van der Waals surface area contributed by atoms with Crippen molar-refractivity contribution in [2.75, 3.05) is 4.90 Å². The lowest BCUT2D eigenvalue weighted by Gasteiger charge is -2.29. The van der Waals surface area contributed by atoms with E-state index in [-0.39, 0.29) is 40.9 Å². The molecule has 0 saturated carbocycles. The van der Waals surface area contributed by atoms with Gasteiger partial charge in [-0.1, -0.05) is 56.1 Å². The van der Waals surface area contributed by atoms with E-state index in [2.05, 4.69) is 11.4 Å². The van der Waals surface area contributed by atoms with E-state index in [1.165, 1.54) is 15.5 Å². The number of aromatic nitrogens is 2. The summed E-state index contributed by atoms with van der Waals surface area (Å²) in [6.07, 6.45) is -0.386. The minimum absolute atomic E-state index is 0.00653. The molecule has 1 aromatic heterocycles. The molecular weight excluding hydrogens is 595 g/mol. The highest BCUT2D eigenvalue weighted by Crippen LogP contribution is 2.46. The van der Waals surface area contributed by atoms with Gasteiger partial charge in [-0.15, -0.1) is 0 Å². The molecule has 0 saturated heterocycles. The van der Waals surface area contributed by atoms with Crippen LogP contribution in [0.3, 0.4) is 0 Å². The summed E-state index contributed by atoms with van der Waals surface area (Å²) in [5.41, 5.74) is 4.83. The minimum atomic E-state index is -1.44. The second kappa shape index (κ2) is 11.7. The number of carboxylic acid groups (broad SMARTS) is 1. The zero-order valence-electron chi connectivity index (χ0n) is 23.9. The van der Waals surface area contributed by atoms with Crippen LogP contribution in [0.15, 0.2) is 42.5 Å². The summed E-state index contributed by atoms with van der Waals surface area (Å²) in [6, 6.07) is 12.0. The Morgan fingerprint density at radius 1 is 1.14 bits per heavy atom. The van der Waals surface area contributed by atoms with E-state index in [0.717, 1.165) is 0 Å². The van der Waals surface area contributed by atoms with Gasteiger partial charge in [0.15, 0.2) is 0 Å². The Bertz CT molecular complexity index is 1650. The number of anilines is 2. The predicted octanol–water partition coefficient (Wildman–Crippen LogP) is 4.44. The van der Waals surface area contributed by atoms with Crippen molar-refractivity contribution in [2.24, 2.45) is 5.73 Å². The van der Waals surface area contributed by atoms with Gasteiger partial charge in [-0.3, -0.25) is 19.0 Å². The maximum absolute atomic E-state index is 14.4. The highest BCUT2D eigenvalue weighted by Gasteiger charge is 2.53. The van der Waals surface area contributed by atoms with Crippen LogP contribution >= 0.6 is 23.2 Å². The third kappa shape index (κ3) is 6.21. The minimum Gasteiger partial charge on any atom is -0.480 e. The molecule has 11 nitrogen and oxygen atoms in total. The number of primary amides is 1. The lowest BCUT2D eigenvalue weighted by molar-refractivity contribution is -0.139. The zero-order valence-corrected chi connectivity index (χ0v) is 25.5. The summed E-state index contributed by atoms with van der Waals surface area (Å²) in [4.78, 5) is 57.9. The Balaban J connectivity index is 1.95. The van der Waals surface area contributed by atoms with Crippen LogP contribution in [0.5, 0.6) is 0 Å². The smallest absolute Gasteiger partial charge is 0.326 e. The lowest BCUT2D eigenvalue weighted by Crippen LogP contribution is -2.46. The van der Waals surface area contributed by atoms with Crippen LogP contribution in [-0.2, 0) is 31.8 Å². The number of imidazole rings is 1. The van der Waals surface area contributed by atoms with Crippen molar-refractivity contribution in [3.63, 3.8) is 0 Å². The monoisotopic (exact) mass is 624 g/mol. The van der Waals surface area contributed by atoms with Gasteiger partial charge in [-0.05, 0) is 49.2 Å². The summed E-state index contributed by atoms with van der Waals surface area (Å²) >= 11 is 12.6. The number of fused-ring (bicyclic) bond motifs is 1. The van der Waals surface area contributed by atoms with Gasteiger partial charge in [0.1, 0.15) is 17.3 Å². The molecule has 4 rings (SSSR count). The van der Waals surface area contributed by atoms with E-state index >= 15 is 0 Å².